The first-order chi connectivity index (χ1) is 7.65. The van der Waals surface area contributed by atoms with Crippen LogP contribution in [-0.4, -0.2) is 30.5 Å². The van der Waals surface area contributed by atoms with Gasteiger partial charge in [0.05, 0.1) is 18.8 Å². The summed E-state index contributed by atoms with van der Waals surface area (Å²) >= 11 is 2.11. The lowest BCUT2D eigenvalue weighted by Gasteiger charge is -2.14. The molecular weight excluding hydrogens is 321 g/mol. The van der Waals surface area contributed by atoms with Gasteiger partial charge in [-0.3, -0.25) is 4.79 Å². The molecule has 0 bridgehead atoms. The molecule has 88 valence electrons. The predicted octanol–water partition coefficient (Wildman–Crippen LogP) is 1.38. The van der Waals surface area contributed by atoms with Gasteiger partial charge in [-0.2, -0.15) is 0 Å². The molecule has 1 amide bonds. The van der Waals surface area contributed by atoms with Crippen LogP contribution >= 0.6 is 22.6 Å². The summed E-state index contributed by atoms with van der Waals surface area (Å²) in [5, 5.41) is 11.3. The zero-order chi connectivity index (χ0) is 12.0. The number of halogens is 1. The first-order valence-corrected chi connectivity index (χ1v) is 6.01. The van der Waals surface area contributed by atoms with Crippen LogP contribution in [0.2, 0.25) is 0 Å². The Morgan fingerprint density at radius 2 is 2.25 bits per heavy atom. The maximum atomic E-state index is 11.8. The van der Waals surface area contributed by atoms with Crippen LogP contribution in [-0.2, 0) is 4.74 Å². The molecule has 16 heavy (non-hydrogen) atoms. The van der Waals surface area contributed by atoms with E-state index >= 15 is 0 Å². The molecule has 0 aromatic heterocycles. The van der Waals surface area contributed by atoms with Gasteiger partial charge in [0.25, 0.3) is 5.91 Å². The van der Waals surface area contributed by atoms with Gasteiger partial charge in [0.15, 0.2) is 0 Å². The van der Waals surface area contributed by atoms with Gasteiger partial charge < -0.3 is 15.2 Å². The molecule has 0 aliphatic heterocycles. The van der Waals surface area contributed by atoms with Crippen molar-refractivity contribution in [3.05, 3.63) is 33.4 Å². The molecule has 0 radical (unpaired) electrons. The van der Waals surface area contributed by atoms with Crippen LogP contribution in [0.4, 0.5) is 0 Å². The average molecular weight is 335 g/mol. The Morgan fingerprint density at radius 3 is 2.88 bits per heavy atom. The molecule has 0 saturated carbocycles. The average Bonchev–Trinajstić information content (AvgIpc) is 2.26. The zero-order valence-corrected chi connectivity index (χ0v) is 11.1. The third-order valence-electron chi connectivity index (χ3n) is 1.91. The van der Waals surface area contributed by atoms with Crippen LogP contribution in [0.15, 0.2) is 24.3 Å². The maximum absolute atomic E-state index is 11.8. The van der Waals surface area contributed by atoms with E-state index in [2.05, 4.69) is 27.9 Å². The van der Waals surface area contributed by atoms with Gasteiger partial charge in [0, 0.05) is 3.57 Å². The smallest absolute Gasteiger partial charge is 0.254 e. The van der Waals surface area contributed by atoms with E-state index in [0.29, 0.717) is 5.56 Å². The minimum absolute atomic E-state index is 0.0525. The van der Waals surface area contributed by atoms with Crippen LogP contribution in [0.25, 0.3) is 0 Å². The molecule has 0 fully saturated rings. The fourth-order valence-corrected chi connectivity index (χ4v) is 1.81. The number of amides is 1. The summed E-state index contributed by atoms with van der Waals surface area (Å²) in [6.45, 7) is 1.89. The number of rotatable bonds is 5. The Hall–Kier alpha value is -0.660. The third kappa shape index (κ3) is 4.07. The van der Waals surface area contributed by atoms with Crippen molar-refractivity contribution in [1.82, 2.24) is 5.32 Å². The Labute approximate surface area is 108 Å². The molecule has 2 N–H and O–H groups in total. The predicted molar refractivity (Wildman–Crippen MR) is 69.1 cm³/mol. The highest BCUT2D eigenvalue weighted by Gasteiger charge is 2.11. The van der Waals surface area contributed by atoms with Crippen LogP contribution in [0, 0.1) is 3.57 Å². The number of hydrogen-bond acceptors (Lipinski definition) is 3. The fourth-order valence-electron chi connectivity index (χ4n) is 1.18. The highest BCUT2D eigenvalue weighted by atomic mass is 127. The highest BCUT2D eigenvalue weighted by molar-refractivity contribution is 14.1. The molecule has 5 heteroatoms. The first-order valence-electron chi connectivity index (χ1n) is 4.93. The molecule has 4 nitrogen and oxygen atoms in total. The largest absolute Gasteiger partial charge is 0.394 e. The van der Waals surface area contributed by atoms with E-state index in [0.717, 1.165) is 3.57 Å². The number of ether oxygens (including phenoxy) is 1. The van der Waals surface area contributed by atoms with Crippen molar-refractivity contribution < 1.29 is 14.6 Å². The van der Waals surface area contributed by atoms with E-state index in [-0.39, 0.29) is 19.1 Å². The van der Waals surface area contributed by atoms with E-state index in [1.165, 1.54) is 0 Å². The van der Waals surface area contributed by atoms with Crippen molar-refractivity contribution in [2.45, 2.75) is 13.2 Å². The van der Waals surface area contributed by atoms with Gasteiger partial charge in [0.1, 0.15) is 6.23 Å². The Morgan fingerprint density at radius 1 is 1.56 bits per heavy atom. The van der Waals surface area contributed by atoms with E-state index in [1.54, 1.807) is 13.0 Å². The number of carbonyl (C=O) groups is 1. The molecule has 1 atom stereocenters. The second-order valence-electron chi connectivity index (χ2n) is 3.19. The van der Waals surface area contributed by atoms with Crippen molar-refractivity contribution in [3.8, 4) is 0 Å². The summed E-state index contributed by atoms with van der Waals surface area (Å²) in [7, 11) is 0. The van der Waals surface area contributed by atoms with Gasteiger partial charge in [-0.25, -0.2) is 0 Å². The first kappa shape index (κ1) is 13.4. The van der Waals surface area contributed by atoms with Crippen molar-refractivity contribution in [3.63, 3.8) is 0 Å². The second-order valence-corrected chi connectivity index (χ2v) is 4.35. The molecule has 0 heterocycles. The van der Waals surface area contributed by atoms with E-state index in [9.17, 15) is 4.79 Å². The van der Waals surface area contributed by atoms with Gasteiger partial charge >= 0.3 is 0 Å². The minimum atomic E-state index is -0.407. The molecule has 0 aliphatic rings. The summed E-state index contributed by atoms with van der Waals surface area (Å²) in [6, 6.07) is 7.32. The topological polar surface area (TPSA) is 58.6 Å². The SMILES string of the molecule is CC(NC(=O)c1ccccc1I)OCCO. The molecule has 1 aromatic rings. The molecule has 1 rings (SSSR count). The van der Waals surface area contributed by atoms with Gasteiger partial charge in [-0.05, 0) is 41.6 Å². The van der Waals surface area contributed by atoms with E-state index in [1.807, 2.05) is 18.2 Å². The maximum Gasteiger partial charge on any atom is 0.254 e. The Kier molecular flexibility index (Phi) is 5.72. The van der Waals surface area contributed by atoms with Crippen LogP contribution in [0.5, 0.6) is 0 Å². The van der Waals surface area contributed by atoms with E-state index in [4.69, 9.17) is 9.84 Å². The standard InChI is InChI=1S/C11H14INO3/c1-8(16-7-6-14)13-11(15)9-4-2-3-5-10(9)12/h2-5,8,14H,6-7H2,1H3,(H,13,15). The lowest BCUT2D eigenvalue weighted by molar-refractivity contribution is 0.0199. The van der Waals surface area contributed by atoms with Crippen molar-refractivity contribution in [1.29, 1.82) is 0 Å². The summed E-state index contributed by atoms with van der Waals surface area (Å²) in [5.41, 5.74) is 0.627. The minimum Gasteiger partial charge on any atom is -0.394 e. The second kappa shape index (κ2) is 6.82. The third-order valence-corrected chi connectivity index (χ3v) is 2.85. The molecule has 0 aliphatic carbocycles. The van der Waals surface area contributed by atoms with Crippen LogP contribution in [0.1, 0.15) is 17.3 Å². The molecule has 0 spiro atoms. The summed E-state index contributed by atoms with van der Waals surface area (Å²) < 4.78 is 6.03. The Bertz CT molecular complexity index is 357. The van der Waals surface area contributed by atoms with Crippen molar-refractivity contribution >= 4 is 28.5 Å². The number of benzene rings is 1. The molecule has 1 unspecified atom stereocenters. The molecule has 0 saturated heterocycles. The lowest BCUT2D eigenvalue weighted by Crippen LogP contribution is -2.35. The number of hydrogen-bond donors (Lipinski definition) is 2. The van der Waals surface area contributed by atoms with Crippen molar-refractivity contribution in [2.75, 3.05) is 13.2 Å². The quantitative estimate of drug-likeness (QED) is 0.631. The fraction of sp³-hybridized carbons (Fsp3) is 0.364. The highest BCUT2D eigenvalue weighted by Crippen LogP contribution is 2.11. The van der Waals surface area contributed by atoms with Crippen molar-refractivity contribution in [2.24, 2.45) is 0 Å². The van der Waals surface area contributed by atoms with Gasteiger partial charge in [-0.15, -0.1) is 0 Å². The molecule has 1 aromatic carbocycles. The summed E-state index contributed by atoms with van der Waals surface area (Å²) in [6.07, 6.45) is -0.407. The van der Waals surface area contributed by atoms with Gasteiger partial charge in [0.2, 0.25) is 0 Å². The summed E-state index contributed by atoms with van der Waals surface area (Å²) in [4.78, 5) is 11.8. The summed E-state index contributed by atoms with van der Waals surface area (Å²) in [5.74, 6) is -0.171. The lowest BCUT2D eigenvalue weighted by atomic mass is 10.2. The molecular formula is C11H14INO3. The Balaban J connectivity index is 2.56. The van der Waals surface area contributed by atoms with Gasteiger partial charge in [-0.1, -0.05) is 12.1 Å². The number of nitrogens with one attached hydrogen (secondary N) is 1. The van der Waals surface area contributed by atoms with Crippen LogP contribution < -0.4 is 5.32 Å². The van der Waals surface area contributed by atoms with Crippen LogP contribution in [0.3, 0.4) is 0 Å². The monoisotopic (exact) mass is 335 g/mol. The normalized spacial score (nSPS) is 12.2. The zero-order valence-electron chi connectivity index (χ0n) is 8.94. The number of carbonyl (C=O) groups excluding carboxylic acids is 1. The van der Waals surface area contributed by atoms with E-state index < -0.39 is 6.23 Å². The number of aliphatic hydroxyl groups is 1. The number of aliphatic hydroxyl groups excluding tert-OH is 1.